The van der Waals surface area contributed by atoms with Gasteiger partial charge in [0.2, 0.25) is 0 Å². The van der Waals surface area contributed by atoms with E-state index in [1.807, 2.05) is 0 Å². The number of nitrogens with two attached hydrogens (primary N) is 1. The number of ether oxygens (including phenoxy) is 2. The van der Waals surface area contributed by atoms with Crippen molar-refractivity contribution in [2.24, 2.45) is 12.8 Å². The van der Waals surface area contributed by atoms with Crippen LogP contribution >= 0.6 is 0 Å². The topological polar surface area (TPSA) is 120 Å². The summed E-state index contributed by atoms with van der Waals surface area (Å²) in [4.78, 5) is 29.4. The molecular formula is C22H24N4O4. The van der Waals surface area contributed by atoms with Crippen molar-refractivity contribution in [3.63, 3.8) is 0 Å². The van der Waals surface area contributed by atoms with Gasteiger partial charge in [0.1, 0.15) is 11.6 Å². The van der Waals surface area contributed by atoms with Gasteiger partial charge < -0.3 is 19.8 Å². The highest BCUT2D eigenvalue weighted by atomic mass is 16.5. The van der Waals surface area contributed by atoms with Crippen molar-refractivity contribution in [2.45, 2.75) is 26.2 Å². The van der Waals surface area contributed by atoms with Crippen molar-refractivity contribution in [3.8, 4) is 11.6 Å². The molecule has 0 radical (unpaired) electrons. The fraction of sp³-hybridized carbons (Fsp3) is 0.273. The first-order valence-corrected chi connectivity index (χ1v) is 9.46. The Morgan fingerprint density at radius 1 is 1.20 bits per heavy atom. The van der Waals surface area contributed by atoms with Crippen LogP contribution in [0.25, 0.3) is 11.0 Å². The Balaban J connectivity index is 2.04. The van der Waals surface area contributed by atoms with Gasteiger partial charge in [-0.25, -0.2) is 4.98 Å². The minimum Gasteiger partial charge on any atom is -0.465 e. The summed E-state index contributed by atoms with van der Waals surface area (Å²) in [7, 11) is 1.63. The maximum Gasteiger partial charge on any atom is 0.315 e. The van der Waals surface area contributed by atoms with Gasteiger partial charge in [-0.2, -0.15) is 0 Å². The zero-order valence-electron chi connectivity index (χ0n) is 17.4. The molecule has 3 N–H and O–H groups in total. The van der Waals surface area contributed by atoms with Crippen LogP contribution in [0.5, 0.6) is 11.6 Å². The lowest BCUT2D eigenvalue weighted by atomic mass is 9.84. The van der Waals surface area contributed by atoms with Crippen LogP contribution in [-0.2, 0) is 22.0 Å². The molecule has 0 aliphatic heterocycles. The Labute approximate surface area is 173 Å². The van der Waals surface area contributed by atoms with E-state index in [-0.39, 0.29) is 17.7 Å². The standard InChI is InChI=1S/C22H24N4O4/c1-5-29-21(28)22(2,3)14-8-11-17-16(12-14)25-19(20(27)26(17)4)30-15-9-6-13(7-10-15)18(23)24/h6-12H,5H2,1-4H3,(H3,23,24). The van der Waals surface area contributed by atoms with E-state index < -0.39 is 11.0 Å². The third-order valence-electron chi connectivity index (χ3n) is 4.93. The number of benzene rings is 2. The molecule has 1 aromatic heterocycles. The molecule has 30 heavy (non-hydrogen) atoms. The number of nitrogen functional groups attached to an aromatic ring is 1. The van der Waals surface area contributed by atoms with E-state index in [4.69, 9.17) is 20.6 Å². The van der Waals surface area contributed by atoms with Gasteiger partial charge in [-0.3, -0.25) is 15.0 Å². The first-order valence-electron chi connectivity index (χ1n) is 9.46. The maximum atomic E-state index is 12.7. The van der Waals surface area contributed by atoms with Crippen molar-refractivity contribution >= 4 is 22.8 Å². The lowest BCUT2D eigenvalue weighted by Crippen LogP contribution is -2.31. The number of carbonyl (C=O) groups is 1. The third-order valence-corrected chi connectivity index (χ3v) is 4.93. The van der Waals surface area contributed by atoms with Crippen molar-refractivity contribution in [3.05, 3.63) is 63.9 Å². The molecule has 1 heterocycles. The van der Waals surface area contributed by atoms with Crippen LogP contribution in [0, 0.1) is 5.41 Å². The Hall–Kier alpha value is -3.68. The summed E-state index contributed by atoms with van der Waals surface area (Å²) in [5.74, 6) is -0.0899. The highest BCUT2D eigenvalue weighted by molar-refractivity contribution is 5.95. The number of nitrogens with one attached hydrogen (secondary N) is 1. The SMILES string of the molecule is CCOC(=O)C(C)(C)c1ccc2c(c1)nc(Oc1ccc(C(=N)N)cc1)c(=O)n2C. The molecule has 3 aromatic rings. The minimum absolute atomic E-state index is 0.0574. The van der Waals surface area contributed by atoms with Crippen molar-refractivity contribution in [1.29, 1.82) is 5.41 Å². The number of hydrogen-bond donors (Lipinski definition) is 2. The molecule has 0 amide bonds. The number of aryl methyl sites for hydroxylation is 1. The second-order valence-electron chi connectivity index (χ2n) is 7.37. The summed E-state index contributed by atoms with van der Waals surface area (Å²) >= 11 is 0. The quantitative estimate of drug-likeness (QED) is 0.368. The van der Waals surface area contributed by atoms with Gasteiger partial charge in [0.25, 0.3) is 5.88 Å². The molecule has 0 fully saturated rings. The summed E-state index contributed by atoms with van der Waals surface area (Å²) in [6.45, 7) is 5.62. The largest absolute Gasteiger partial charge is 0.465 e. The molecule has 0 saturated heterocycles. The van der Waals surface area contributed by atoms with E-state index in [0.717, 1.165) is 5.56 Å². The lowest BCUT2D eigenvalue weighted by molar-refractivity contribution is -0.148. The van der Waals surface area contributed by atoms with Gasteiger partial charge in [-0.05, 0) is 62.7 Å². The molecule has 0 saturated carbocycles. The van der Waals surface area contributed by atoms with Crippen LogP contribution in [0.4, 0.5) is 0 Å². The van der Waals surface area contributed by atoms with Crippen LogP contribution in [0.3, 0.4) is 0 Å². The molecule has 0 aliphatic rings. The van der Waals surface area contributed by atoms with Crippen LogP contribution < -0.4 is 16.0 Å². The first kappa shape index (κ1) is 21.0. The van der Waals surface area contributed by atoms with Gasteiger partial charge in [0.05, 0.1) is 23.1 Å². The monoisotopic (exact) mass is 408 g/mol. The number of carbonyl (C=O) groups excluding carboxylic acids is 1. The molecule has 3 rings (SSSR count). The fourth-order valence-corrected chi connectivity index (χ4v) is 3.01. The van der Waals surface area contributed by atoms with Crippen LogP contribution in [0.15, 0.2) is 47.3 Å². The van der Waals surface area contributed by atoms with Crippen LogP contribution in [-0.4, -0.2) is 28.0 Å². The molecule has 0 unspecified atom stereocenters. The zero-order valence-corrected chi connectivity index (χ0v) is 17.4. The average Bonchev–Trinajstić information content (AvgIpc) is 2.72. The minimum atomic E-state index is -0.871. The van der Waals surface area contributed by atoms with Gasteiger partial charge in [-0.15, -0.1) is 0 Å². The normalized spacial score (nSPS) is 11.3. The van der Waals surface area contributed by atoms with Gasteiger partial charge in [0.15, 0.2) is 0 Å². The Morgan fingerprint density at radius 3 is 2.47 bits per heavy atom. The van der Waals surface area contributed by atoms with E-state index in [9.17, 15) is 9.59 Å². The predicted molar refractivity (Wildman–Crippen MR) is 114 cm³/mol. The highest BCUT2D eigenvalue weighted by Gasteiger charge is 2.31. The Morgan fingerprint density at radius 2 is 1.87 bits per heavy atom. The van der Waals surface area contributed by atoms with Crippen molar-refractivity contribution in [1.82, 2.24) is 9.55 Å². The number of esters is 1. The smallest absolute Gasteiger partial charge is 0.315 e. The summed E-state index contributed by atoms with van der Waals surface area (Å²) in [5.41, 5.74) is 6.59. The maximum absolute atomic E-state index is 12.7. The molecule has 0 bridgehead atoms. The number of hydrogen-bond acceptors (Lipinski definition) is 6. The summed E-state index contributed by atoms with van der Waals surface area (Å²) in [6.07, 6.45) is 0. The molecule has 8 heteroatoms. The molecule has 8 nitrogen and oxygen atoms in total. The number of rotatable bonds is 6. The van der Waals surface area contributed by atoms with Crippen LogP contribution in [0.1, 0.15) is 31.9 Å². The first-order chi connectivity index (χ1) is 14.1. The number of aromatic nitrogens is 2. The number of nitrogens with zero attached hydrogens (tertiary/aromatic N) is 2. The summed E-state index contributed by atoms with van der Waals surface area (Å²) in [5, 5.41) is 7.44. The molecule has 2 aromatic carbocycles. The second-order valence-corrected chi connectivity index (χ2v) is 7.37. The van der Waals surface area contributed by atoms with E-state index in [1.54, 1.807) is 70.3 Å². The van der Waals surface area contributed by atoms with E-state index in [0.29, 0.717) is 29.0 Å². The average molecular weight is 408 g/mol. The van der Waals surface area contributed by atoms with E-state index in [2.05, 4.69) is 4.98 Å². The van der Waals surface area contributed by atoms with E-state index in [1.165, 1.54) is 4.57 Å². The van der Waals surface area contributed by atoms with Crippen molar-refractivity contribution in [2.75, 3.05) is 6.61 Å². The summed E-state index contributed by atoms with van der Waals surface area (Å²) in [6, 6.07) is 11.8. The van der Waals surface area contributed by atoms with E-state index >= 15 is 0 Å². The zero-order chi connectivity index (χ0) is 22.1. The molecule has 0 atom stereocenters. The third kappa shape index (κ3) is 3.89. The fourth-order valence-electron chi connectivity index (χ4n) is 3.01. The summed E-state index contributed by atoms with van der Waals surface area (Å²) < 4.78 is 12.3. The van der Waals surface area contributed by atoms with Gasteiger partial charge in [-0.1, -0.05) is 6.07 Å². The van der Waals surface area contributed by atoms with Crippen molar-refractivity contribution < 1.29 is 14.3 Å². The lowest BCUT2D eigenvalue weighted by Gasteiger charge is -2.23. The molecule has 0 aliphatic carbocycles. The predicted octanol–water partition coefficient (Wildman–Crippen LogP) is 2.85. The van der Waals surface area contributed by atoms with Crippen LogP contribution in [0.2, 0.25) is 0 Å². The molecule has 0 spiro atoms. The molecule has 156 valence electrons. The Bertz CT molecular complexity index is 1180. The number of fused-ring (bicyclic) bond motifs is 1. The second kappa shape index (κ2) is 7.98. The number of amidine groups is 1. The van der Waals surface area contributed by atoms with Gasteiger partial charge in [0, 0.05) is 12.6 Å². The van der Waals surface area contributed by atoms with Gasteiger partial charge >= 0.3 is 11.5 Å². The molecular weight excluding hydrogens is 384 g/mol. The Kier molecular flexibility index (Phi) is 5.60. The highest BCUT2D eigenvalue weighted by Crippen LogP contribution is 2.28.